The lowest BCUT2D eigenvalue weighted by Crippen LogP contribution is -2.33. The van der Waals surface area contributed by atoms with Gasteiger partial charge in [-0.15, -0.1) is 0 Å². The van der Waals surface area contributed by atoms with E-state index in [-0.39, 0.29) is 36.9 Å². The van der Waals surface area contributed by atoms with Crippen molar-refractivity contribution in [3.63, 3.8) is 0 Å². The fraction of sp³-hybridized carbons (Fsp3) is 0.238. The first-order valence-corrected chi connectivity index (χ1v) is 9.77. The molecular weight excluding hydrogens is 424 g/mol. The molecule has 1 unspecified atom stereocenters. The number of ether oxygens (including phenoxy) is 1. The predicted octanol–water partition coefficient (Wildman–Crippen LogP) is 1.56. The van der Waals surface area contributed by atoms with Crippen molar-refractivity contribution in [2.45, 2.75) is 6.42 Å². The van der Waals surface area contributed by atoms with Crippen LogP contribution in [0.5, 0.6) is 5.75 Å². The molecule has 2 aromatic carbocycles. The highest BCUT2D eigenvalue weighted by atomic mass is 35.5. The maximum absolute atomic E-state index is 12.7. The van der Waals surface area contributed by atoms with E-state index in [2.05, 4.69) is 10.6 Å². The summed E-state index contributed by atoms with van der Waals surface area (Å²) in [5, 5.41) is 5.56. The summed E-state index contributed by atoms with van der Waals surface area (Å²) in [6, 6.07) is 11.2. The number of anilines is 2. The van der Waals surface area contributed by atoms with Gasteiger partial charge >= 0.3 is 0 Å². The molecule has 0 spiro atoms. The Hall–Kier alpha value is -3.59. The van der Waals surface area contributed by atoms with E-state index in [1.54, 1.807) is 30.3 Å². The third kappa shape index (κ3) is 5.32. The molecule has 4 N–H and O–H groups in total. The largest absolute Gasteiger partial charge is 0.495 e. The molecule has 1 atom stereocenters. The first-order chi connectivity index (χ1) is 14.8. The molecule has 4 amide bonds. The van der Waals surface area contributed by atoms with Crippen LogP contribution in [0.4, 0.5) is 11.4 Å². The zero-order valence-electron chi connectivity index (χ0n) is 16.7. The highest BCUT2D eigenvalue weighted by Crippen LogP contribution is 2.35. The van der Waals surface area contributed by atoms with Crippen molar-refractivity contribution in [1.29, 1.82) is 0 Å². The molecule has 10 heteroatoms. The zero-order chi connectivity index (χ0) is 22.5. The third-order valence-electron chi connectivity index (χ3n) is 4.74. The van der Waals surface area contributed by atoms with E-state index in [1.165, 1.54) is 24.1 Å². The van der Waals surface area contributed by atoms with Crippen LogP contribution in [0, 0.1) is 5.92 Å². The molecule has 0 saturated carbocycles. The van der Waals surface area contributed by atoms with Gasteiger partial charge in [-0.3, -0.25) is 19.2 Å². The van der Waals surface area contributed by atoms with Crippen LogP contribution >= 0.6 is 11.6 Å². The smallest absolute Gasteiger partial charge is 0.251 e. The van der Waals surface area contributed by atoms with Gasteiger partial charge in [-0.05, 0) is 36.4 Å². The minimum atomic E-state index is -0.662. The summed E-state index contributed by atoms with van der Waals surface area (Å²) in [6.45, 7) is -0.122. The Bertz CT molecular complexity index is 1040. The Morgan fingerprint density at radius 1 is 1.23 bits per heavy atom. The molecule has 0 bridgehead atoms. The molecule has 31 heavy (non-hydrogen) atoms. The molecule has 1 saturated heterocycles. The number of primary amides is 1. The van der Waals surface area contributed by atoms with E-state index in [4.69, 9.17) is 22.1 Å². The Balaban J connectivity index is 1.69. The molecule has 162 valence electrons. The van der Waals surface area contributed by atoms with Gasteiger partial charge in [0.15, 0.2) is 0 Å². The van der Waals surface area contributed by atoms with Gasteiger partial charge in [-0.25, -0.2) is 0 Å². The lowest BCUT2D eigenvalue weighted by Gasteiger charge is -2.20. The highest BCUT2D eigenvalue weighted by Gasteiger charge is 2.36. The average Bonchev–Trinajstić information content (AvgIpc) is 3.13. The van der Waals surface area contributed by atoms with Crippen molar-refractivity contribution in [3.8, 4) is 5.75 Å². The molecule has 1 heterocycles. The zero-order valence-corrected chi connectivity index (χ0v) is 17.4. The third-order valence-corrected chi connectivity index (χ3v) is 4.98. The molecule has 0 radical (unpaired) electrons. The molecule has 1 fully saturated rings. The van der Waals surface area contributed by atoms with E-state index in [9.17, 15) is 19.2 Å². The first-order valence-electron chi connectivity index (χ1n) is 9.40. The SMILES string of the molecule is COc1ccc(Cl)cc1N1CC(C(=O)Nc2cccc(C(=O)NCC(N)=O)c2)CC1=O. The van der Waals surface area contributed by atoms with E-state index >= 15 is 0 Å². The van der Waals surface area contributed by atoms with Crippen molar-refractivity contribution in [2.24, 2.45) is 11.7 Å². The molecule has 1 aliphatic rings. The van der Waals surface area contributed by atoms with Crippen molar-refractivity contribution in [1.82, 2.24) is 5.32 Å². The Labute approximate surface area is 183 Å². The number of hydrogen-bond donors (Lipinski definition) is 3. The van der Waals surface area contributed by atoms with Crippen molar-refractivity contribution < 1.29 is 23.9 Å². The minimum Gasteiger partial charge on any atom is -0.495 e. The average molecular weight is 445 g/mol. The van der Waals surface area contributed by atoms with Crippen molar-refractivity contribution in [2.75, 3.05) is 30.4 Å². The Morgan fingerprint density at radius 3 is 2.71 bits per heavy atom. The molecular formula is C21H21ClN4O5. The predicted molar refractivity (Wildman–Crippen MR) is 115 cm³/mol. The topological polar surface area (TPSA) is 131 Å². The maximum atomic E-state index is 12.7. The van der Waals surface area contributed by atoms with Gasteiger partial charge in [0.05, 0.1) is 25.3 Å². The van der Waals surface area contributed by atoms with Crippen molar-refractivity contribution in [3.05, 3.63) is 53.1 Å². The fourth-order valence-electron chi connectivity index (χ4n) is 3.24. The maximum Gasteiger partial charge on any atom is 0.251 e. The van der Waals surface area contributed by atoms with Gasteiger partial charge < -0.3 is 26.0 Å². The summed E-state index contributed by atoms with van der Waals surface area (Å²) in [5.74, 6) is -1.85. The second kappa shape index (κ2) is 9.48. The molecule has 3 rings (SSSR count). The number of carbonyl (C=O) groups is 4. The number of rotatable bonds is 7. The van der Waals surface area contributed by atoms with Crippen LogP contribution in [-0.2, 0) is 14.4 Å². The summed E-state index contributed by atoms with van der Waals surface area (Å²) in [6.07, 6.45) is 0.0281. The van der Waals surface area contributed by atoms with Gasteiger partial charge in [0.2, 0.25) is 17.7 Å². The van der Waals surface area contributed by atoms with Gasteiger partial charge in [-0.1, -0.05) is 17.7 Å². The first kappa shape index (κ1) is 22.1. The summed E-state index contributed by atoms with van der Waals surface area (Å²) in [7, 11) is 1.49. The van der Waals surface area contributed by atoms with Gasteiger partial charge in [-0.2, -0.15) is 0 Å². The molecule has 1 aliphatic heterocycles. The number of benzene rings is 2. The van der Waals surface area contributed by atoms with Crippen LogP contribution in [0.25, 0.3) is 0 Å². The van der Waals surface area contributed by atoms with Crippen LogP contribution in [0.2, 0.25) is 5.02 Å². The number of nitrogens with one attached hydrogen (secondary N) is 2. The van der Waals surface area contributed by atoms with Gasteiger partial charge in [0.1, 0.15) is 5.75 Å². The summed E-state index contributed by atoms with van der Waals surface area (Å²) in [5.41, 5.74) is 6.17. The molecule has 9 nitrogen and oxygen atoms in total. The number of nitrogens with zero attached hydrogens (tertiary/aromatic N) is 1. The van der Waals surface area contributed by atoms with E-state index in [1.807, 2.05) is 0 Å². The number of amides is 4. The number of halogens is 1. The normalized spacial score (nSPS) is 15.5. The second-order valence-electron chi connectivity index (χ2n) is 6.94. The van der Waals surface area contributed by atoms with Crippen LogP contribution in [0.1, 0.15) is 16.8 Å². The van der Waals surface area contributed by atoms with Crippen molar-refractivity contribution >= 4 is 46.6 Å². The summed E-state index contributed by atoms with van der Waals surface area (Å²) >= 11 is 6.06. The number of methoxy groups -OCH3 is 1. The molecule has 0 aromatic heterocycles. The van der Waals surface area contributed by atoms with Crippen LogP contribution in [0.3, 0.4) is 0 Å². The molecule has 0 aliphatic carbocycles. The van der Waals surface area contributed by atoms with Crippen LogP contribution in [0.15, 0.2) is 42.5 Å². The summed E-state index contributed by atoms with van der Waals surface area (Å²) < 4.78 is 5.30. The number of carbonyl (C=O) groups excluding carboxylic acids is 4. The number of nitrogens with two attached hydrogens (primary N) is 1. The minimum absolute atomic E-state index is 0.0281. The van der Waals surface area contributed by atoms with E-state index in [0.717, 1.165) is 0 Å². The quantitative estimate of drug-likeness (QED) is 0.596. The Morgan fingerprint density at radius 2 is 2.00 bits per heavy atom. The van der Waals surface area contributed by atoms with E-state index in [0.29, 0.717) is 22.1 Å². The Kier molecular flexibility index (Phi) is 6.76. The second-order valence-corrected chi connectivity index (χ2v) is 7.38. The lowest BCUT2D eigenvalue weighted by molar-refractivity contribution is -0.122. The van der Waals surface area contributed by atoms with Gasteiger partial charge in [0, 0.05) is 29.2 Å². The lowest BCUT2D eigenvalue weighted by atomic mass is 10.1. The monoisotopic (exact) mass is 444 g/mol. The van der Waals surface area contributed by atoms with Crippen LogP contribution < -0.4 is 26.0 Å². The summed E-state index contributed by atoms with van der Waals surface area (Å²) in [4.78, 5) is 49.7. The standard InChI is InChI=1S/C21H21ClN4O5/c1-31-17-6-5-14(22)9-16(17)26-11-13(8-19(26)28)21(30)25-15-4-2-3-12(7-15)20(29)24-10-18(23)27/h2-7,9,13H,8,10-11H2,1H3,(H2,23,27)(H,24,29)(H,25,30). The van der Waals surface area contributed by atoms with E-state index < -0.39 is 17.7 Å². The van der Waals surface area contributed by atoms with Crippen LogP contribution in [-0.4, -0.2) is 43.8 Å². The van der Waals surface area contributed by atoms with Gasteiger partial charge in [0.25, 0.3) is 5.91 Å². The highest BCUT2D eigenvalue weighted by molar-refractivity contribution is 6.31. The number of hydrogen-bond acceptors (Lipinski definition) is 5. The fourth-order valence-corrected chi connectivity index (χ4v) is 3.41. The molecule has 2 aromatic rings.